The highest BCUT2D eigenvalue weighted by molar-refractivity contribution is 6.29. The fourth-order valence-corrected chi connectivity index (χ4v) is 1.82. The number of rotatable bonds is 4. The fourth-order valence-electron chi connectivity index (χ4n) is 1.63. The van der Waals surface area contributed by atoms with Crippen molar-refractivity contribution in [2.24, 2.45) is 0 Å². The molecule has 1 saturated heterocycles. The molecule has 1 fully saturated rings. The van der Waals surface area contributed by atoms with Gasteiger partial charge in [-0.2, -0.15) is 0 Å². The molecule has 5 heteroatoms. The largest absolute Gasteiger partial charge is 0.370 e. The third-order valence-electron chi connectivity index (χ3n) is 2.36. The van der Waals surface area contributed by atoms with Crippen molar-refractivity contribution < 1.29 is 4.74 Å². The molecule has 4 nitrogen and oxygen atoms in total. The first-order valence-electron chi connectivity index (χ1n) is 5.30. The van der Waals surface area contributed by atoms with Gasteiger partial charge in [0, 0.05) is 19.2 Å². The van der Waals surface area contributed by atoms with Gasteiger partial charge < -0.3 is 10.1 Å². The molecule has 1 atom stereocenters. The van der Waals surface area contributed by atoms with Crippen LogP contribution in [0.25, 0.3) is 0 Å². The number of halogens is 1. The lowest BCUT2D eigenvalue weighted by Crippen LogP contribution is -2.07. The Morgan fingerprint density at radius 1 is 1.62 bits per heavy atom. The first kappa shape index (κ1) is 11.4. The molecule has 0 amide bonds. The minimum Gasteiger partial charge on any atom is -0.370 e. The first-order chi connectivity index (χ1) is 7.79. The molecule has 1 unspecified atom stereocenters. The van der Waals surface area contributed by atoms with Gasteiger partial charge in [0.1, 0.15) is 17.1 Å². The molecule has 0 spiro atoms. The zero-order chi connectivity index (χ0) is 11.4. The van der Waals surface area contributed by atoms with Crippen LogP contribution < -0.4 is 5.32 Å². The molecule has 1 N–H and O–H groups in total. The smallest absolute Gasteiger partial charge is 0.161 e. The number of aromatic nitrogens is 2. The van der Waals surface area contributed by atoms with E-state index in [-0.39, 0.29) is 6.10 Å². The maximum Gasteiger partial charge on any atom is 0.161 e. The highest BCUT2D eigenvalue weighted by atomic mass is 35.5. The summed E-state index contributed by atoms with van der Waals surface area (Å²) in [7, 11) is 0. The molecule has 2 heterocycles. The van der Waals surface area contributed by atoms with Crippen LogP contribution in [0.4, 0.5) is 5.82 Å². The SMILES string of the molecule is C=CCNc1cc(Cl)nc(C2CCCO2)n1. The second-order valence-corrected chi connectivity index (χ2v) is 3.99. The molecule has 0 aromatic carbocycles. The third kappa shape index (κ3) is 2.71. The lowest BCUT2D eigenvalue weighted by Gasteiger charge is -2.10. The van der Waals surface area contributed by atoms with E-state index in [0.717, 1.165) is 19.4 Å². The number of hydrogen-bond acceptors (Lipinski definition) is 4. The molecule has 1 aromatic heterocycles. The lowest BCUT2D eigenvalue weighted by atomic mass is 10.2. The average Bonchev–Trinajstić information content (AvgIpc) is 2.79. The van der Waals surface area contributed by atoms with Crippen molar-refractivity contribution in [1.29, 1.82) is 0 Å². The van der Waals surface area contributed by atoms with Crippen LogP contribution in [-0.2, 0) is 4.74 Å². The van der Waals surface area contributed by atoms with Gasteiger partial charge in [-0.25, -0.2) is 9.97 Å². The Morgan fingerprint density at radius 3 is 3.19 bits per heavy atom. The number of anilines is 1. The van der Waals surface area contributed by atoms with Gasteiger partial charge in [-0.1, -0.05) is 17.7 Å². The molecule has 0 radical (unpaired) electrons. The minimum atomic E-state index is -0.0111. The van der Waals surface area contributed by atoms with Gasteiger partial charge in [-0.05, 0) is 12.8 Å². The maximum atomic E-state index is 5.93. The van der Waals surface area contributed by atoms with Crippen LogP contribution in [-0.4, -0.2) is 23.1 Å². The lowest BCUT2D eigenvalue weighted by molar-refractivity contribution is 0.105. The molecular weight excluding hydrogens is 226 g/mol. The summed E-state index contributed by atoms with van der Waals surface area (Å²) in [4.78, 5) is 8.56. The number of nitrogens with zero attached hydrogens (tertiary/aromatic N) is 2. The minimum absolute atomic E-state index is 0.0111. The van der Waals surface area contributed by atoms with Crippen molar-refractivity contribution >= 4 is 17.4 Å². The topological polar surface area (TPSA) is 47.0 Å². The van der Waals surface area contributed by atoms with Crippen LogP contribution in [0.5, 0.6) is 0 Å². The van der Waals surface area contributed by atoms with E-state index < -0.39 is 0 Å². The van der Waals surface area contributed by atoms with Crippen LogP contribution in [0.15, 0.2) is 18.7 Å². The van der Waals surface area contributed by atoms with Gasteiger partial charge in [-0.15, -0.1) is 6.58 Å². The highest BCUT2D eigenvalue weighted by Gasteiger charge is 2.21. The van der Waals surface area contributed by atoms with E-state index in [1.807, 2.05) is 0 Å². The van der Waals surface area contributed by atoms with Gasteiger partial charge in [0.15, 0.2) is 5.82 Å². The summed E-state index contributed by atoms with van der Waals surface area (Å²) in [5.41, 5.74) is 0. The molecule has 0 bridgehead atoms. The van der Waals surface area contributed by atoms with Crippen LogP contribution in [0.2, 0.25) is 5.15 Å². The Kier molecular flexibility index (Phi) is 3.74. The summed E-state index contributed by atoms with van der Waals surface area (Å²) in [6.07, 6.45) is 3.77. The molecule has 1 aromatic rings. The standard InChI is InChI=1S/C11H14ClN3O/c1-2-5-13-10-7-9(12)14-11(15-10)8-4-3-6-16-8/h2,7-8H,1,3-6H2,(H,13,14,15). The maximum absolute atomic E-state index is 5.93. The second-order valence-electron chi connectivity index (χ2n) is 3.61. The van der Waals surface area contributed by atoms with Crippen molar-refractivity contribution in [2.45, 2.75) is 18.9 Å². The average molecular weight is 240 g/mol. The number of nitrogens with one attached hydrogen (secondary N) is 1. The van der Waals surface area contributed by atoms with Crippen LogP contribution in [0, 0.1) is 0 Å². The molecular formula is C11H14ClN3O. The molecule has 2 rings (SSSR count). The summed E-state index contributed by atoms with van der Waals surface area (Å²) < 4.78 is 5.52. The zero-order valence-electron chi connectivity index (χ0n) is 8.95. The van der Waals surface area contributed by atoms with Crippen LogP contribution in [0.1, 0.15) is 24.8 Å². The Hall–Kier alpha value is -1.13. The summed E-state index contributed by atoms with van der Waals surface area (Å²) in [6.45, 7) is 5.06. The molecule has 0 aliphatic carbocycles. The van der Waals surface area contributed by atoms with E-state index >= 15 is 0 Å². The molecule has 16 heavy (non-hydrogen) atoms. The van der Waals surface area contributed by atoms with E-state index in [9.17, 15) is 0 Å². The third-order valence-corrected chi connectivity index (χ3v) is 2.55. The van der Waals surface area contributed by atoms with Crippen LogP contribution in [0.3, 0.4) is 0 Å². The second kappa shape index (κ2) is 5.27. The normalized spacial score (nSPS) is 19.7. The predicted octanol–water partition coefficient (Wildman–Crippen LogP) is 2.58. The van der Waals surface area contributed by atoms with Crippen molar-refractivity contribution in [2.75, 3.05) is 18.5 Å². The van der Waals surface area contributed by atoms with Gasteiger partial charge in [0.25, 0.3) is 0 Å². The Labute approximate surface area is 99.7 Å². The van der Waals surface area contributed by atoms with E-state index in [0.29, 0.717) is 23.3 Å². The van der Waals surface area contributed by atoms with Crippen molar-refractivity contribution in [3.05, 3.63) is 29.7 Å². The number of hydrogen-bond donors (Lipinski definition) is 1. The molecule has 86 valence electrons. The summed E-state index contributed by atoms with van der Waals surface area (Å²) >= 11 is 5.93. The number of ether oxygens (including phenoxy) is 1. The zero-order valence-corrected chi connectivity index (χ0v) is 9.70. The highest BCUT2D eigenvalue weighted by Crippen LogP contribution is 2.27. The quantitative estimate of drug-likeness (QED) is 0.648. The summed E-state index contributed by atoms with van der Waals surface area (Å²) in [6, 6.07) is 1.70. The van der Waals surface area contributed by atoms with Crippen molar-refractivity contribution in [1.82, 2.24) is 9.97 Å². The Bertz CT molecular complexity index is 377. The molecule has 0 saturated carbocycles. The van der Waals surface area contributed by atoms with Gasteiger partial charge in [-0.3, -0.25) is 0 Å². The van der Waals surface area contributed by atoms with Crippen molar-refractivity contribution in [3.63, 3.8) is 0 Å². The Morgan fingerprint density at radius 2 is 2.50 bits per heavy atom. The van der Waals surface area contributed by atoms with Gasteiger partial charge in [0.2, 0.25) is 0 Å². The predicted molar refractivity (Wildman–Crippen MR) is 63.7 cm³/mol. The van der Waals surface area contributed by atoms with Crippen molar-refractivity contribution in [3.8, 4) is 0 Å². The van der Waals surface area contributed by atoms with E-state index in [1.54, 1.807) is 12.1 Å². The van der Waals surface area contributed by atoms with E-state index in [2.05, 4.69) is 21.9 Å². The molecule has 1 aliphatic rings. The van der Waals surface area contributed by atoms with E-state index in [1.165, 1.54) is 0 Å². The summed E-state index contributed by atoms with van der Waals surface area (Å²) in [5, 5.41) is 3.53. The molecule has 1 aliphatic heterocycles. The first-order valence-corrected chi connectivity index (χ1v) is 5.68. The van der Waals surface area contributed by atoms with Gasteiger partial charge >= 0.3 is 0 Å². The Balaban J connectivity index is 2.17. The monoisotopic (exact) mass is 239 g/mol. The van der Waals surface area contributed by atoms with E-state index in [4.69, 9.17) is 16.3 Å². The van der Waals surface area contributed by atoms with Gasteiger partial charge in [0.05, 0.1) is 0 Å². The summed E-state index contributed by atoms with van der Waals surface area (Å²) in [5.74, 6) is 1.38. The van der Waals surface area contributed by atoms with Crippen LogP contribution >= 0.6 is 11.6 Å². The fraction of sp³-hybridized carbons (Fsp3) is 0.455.